The van der Waals surface area contributed by atoms with E-state index in [2.05, 4.69) is 20.3 Å². The molecule has 0 aliphatic heterocycles. The van der Waals surface area contributed by atoms with Crippen molar-refractivity contribution in [2.24, 2.45) is 5.73 Å². The average Bonchev–Trinajstić information content (AvgIpc) is 3.09. The summed E-state index contributed by atoms with van der Waals surface area (Å²) in [6.07, 6.45) is -3.48. The van der Waals surface area contributed by atoms with Gasteiger partial charge in [0.1, 0.15) is 5.75 Å². The molecule has 142 valence electrons. The number of carbonyl (C=O) groups excluding carboxylic acids is 1. The summed E-state index contributed by atoms with van der Waals surface area (Å²) in [5.74, 6) is -1.26. The molecule has 0 saturated heterocycles. The van der Waals surface area contributed by atoms with Gasteiger partial charge in [0.05, 0.1) is 23.5 Å². The molecule has 1 amide bonds. The molecule has 0 bridgehead atoms. The van der Waals surface area contributed by atoms with E-state index in [0.717, 1.165) is 11.6 Å². The van der Waals surface area contributed by atoms with E-state index in [-0.39, 0.29) is 12.1 Å². The van der Waals surface area contributed by atoms with Gasteiger partial charge in [0.25, 0.3) is 5.91 Å². The van der Waals surface area contributed by atoms with Gasteiger partial charge in [-0.25, -0.2) is 0 Å². The molecule has 0 aliphatic carbocycles. The first-order valence-corrected chi connectivity index (χ1v) is 7.86. The van der Waals surface area contributed by atoms with E-state index in [4.69, 9.17) is 5.73 Å². The lowest BCUT2D eigenvalue weighted by atomic mass is 10.2. The number of rotatable bonds is 5. The van der Waals surface area contributed by atoms with Crippen LogP contribution in [0.25, 0.3) is 5.57 Å². The Hall–Kier alpha value is -2.97. The topological polar surface area (TPSA) is 93.0 Å². The Morgan fingerprint density at radius 2 is 2.00 bits per heavy atom. The van der Waals surface area contributed by atoms with Crippen LogP contribution in [0.5, 0.6) is 5.75 Å². The largest absolute Gasteiger partial charge is 0.573 e. The number of amides is 1. The quantitative estimate of drug-likeness (QED) is 0.750. The molecule has 1 aromatic heterocycles. The van der Waals surface area contributed by atoms with Crippen molar-refractivity contribution in [1.82, 2.24) is 15.5 Å². The molecule has 0 atom stereocenters. The van der Waals surface area contributed by atoms with Gasteiger partial charge in [-0.05, 0) is 36.9 Å². The number of ether oxygens (including phenoxy) is 1. The molecule has 4 N–H and O–H groups in total. The van der Waals surface area contributed by atoms with Gasteiger partial charge >= 0.3 is 6.36 Å². The van der Waals surface area contributed by atoms with E-state index in [1.165, 1.54) is 24.4 Å². The number of allylic oxidation sites excluding steroid dienone is 1. The molecule has 26 heavy (non-hydrogen) atoms. The van der Waals surface area contributed by atoms with Gasteiger partial charge in [0.15, 0.2) is 0 Å². The molecular formula is C17H21F3N4O2. The molecule has 0 spiro atoms. The second kappa shape index (κ2) is 9.50. The molecule has 1 aromatic carbocycles. The maximum atomic E-state index is 12.4. The molecule has 6 nitrogen and oxygen atoms in total. The molecule has 2 rings (SSSR count). The minimum atomic E-state index is -4.87. The Kier molecular flexibility index (Phi) is 7.70. The smallest absolute Gasteiger partial charge is 0.405 e. The SMILES string of the molecule is C/C(=C/N)c1cc(CNC(=O)c2ccccc2OC(F)(F)F)[nH]n1.CC. The summed E-state index contributed by atoms with van der Waals surface area (Å²) in [6, 6.07) is 6.79. The summed E-state index contributed by atoms with van der Waals surface area (Å²) in [5.41, 5.74) is 7.11. The molecule has 2 aromatic rings. The van der Waals surface area contributed by atoms with Crippen molar-refractivity contribution < 1.29 is 22.7 Å². The number of nitrogens with two attached hydrogens (primary N) is 1. The molecule has 0 radical (unpaired) electrons. The van der Waals surface area contributed by atoms with Gasteiger partial charge in [-0.3, -0.25) is 9.89 Å². The van der Waals surface area contributed by atoms with Crippen molar-refractivity contribution in [3.05, 3.63) is 53.5 Å². The van der Waals surface area contributed by atoms with Gasteiger partial charge in [-0.1, -0.05) is 26.0 Å². The summed E-state index contributed by atoms with van der Waals surface area (Å²) < 4.78 is 40.9. The van der Waals surface area contributed by atoms with Crippen molar-refractivity contribution >= 4 is 11.5 Å². The van der Waals surface area contributed by atoms with Gasteiger partial charge in [-0.2, -0.15) is 5.10 Å². The number of H-pyrrole nitrogens is 1. The van der Waals surface area contributed by atoms with Crippen molar-refractivity contribution in [3.8, 4) is 5.75 Å². The number of carbonyl (C=O) groups is 1. The number of hydrogen-bond donors (Lipinski definition) is 3. The molecule has 0 saturated carbocycles. The van der Waals surface area contributed by atoms with Crippen LogP contribution in [-0.4, -0.2) is 22.5 Å². The standard InChI is InChI=1S/C15H15F3N4O2.C2H6/c1-9(7-19)12-6-10(21-22-12)8-20-14(23)11-4-2-3-5-13(11)24-15(16,17)18;1-2/h2-7H,8,19H2,1H3,(H,20,23)(H,21,22);1-2H3/b9-7-;. The average molecular weight is 370 g/mol. The fourth-order valence-corrected chi connectivity index (χ4v) is 1.88. The Bertz CT molecular complexity index is 754. The van der Waals surface area contributed by atoms with E-state index in [9.17, 15) is 18.0 Å². The fourth-order valence-electron chi connectivity index (χ4n) is 1.88. The van der Waals surface area contributed by atoms with E-state index < -0.39 is 18.0 Å². The van der Waals surface area contributed by atoms with Crippen LogP contribution >= 0.6 is 0 Å². The minimum Gasteiger partial charge on any atom is -0.405 e. The highest BCUT2D eigenvalue weighted by Crippen LogP contribution is 2.26. The molecule has 9 heteroatoms. The van der Waals surface area contributed by atoms with Crippen molar-refractivity contribution in [2.45, 2.75) is 33.7 Å². The van der Waals surface area contributed by atoms with Crippen LogP contribution in [0.2, 0.25) is 0 Å². The highest BCUT2D eigenvalue weighted by Gasteiger charge is 2.32. The lowest BCUT2D eigenvalue weighted by molar-refractivity contribution is -0.274. The lowest BCUT2D eigenvalue weighted by Gasteiger charge is -2.12. The summed E-state index contributed by atoms with van der Waals surface area (Å²) in [5, 5.41) is 9.22. The van der Waals surface area contributed by atoms with Crippen molar-refractivity contribution in [3.63, 3.8) is 0 Å². The number of hydrogen-bond acceptors (Lipinski definition) is 4. The zero-order chi connectivity index (χ0) is 19.7. The van der Waals surface area contributed by atoms with Gasteiger partial charge < -0.3 is 15.8 Å². The van der Waals surface area contributed by atoms with Crippen LogP contribution in [0.1, 0.15) is 42.5 Å². The number of aromatic nitrogens is 2. The predicted molar refractivity (Wildman–Crippen MR) is 92.1 cm³/mol. The Morgan fingerprint density at radius 1 is 1.35 bits per heavy atom. The van der Waals surface area contributed by atoms with E-state index in [0.29, 0.717) is 11.4 Å². The van der Waals surface area contributed by atoms with E-state index >= 15 is 0 Å². The van der Waals surface area contributed by atoms with Gasteiger partial charge in [0, 0.05) is 0 Å². The summed E-state index contributed by atoms with van der Waals surface area (Å²) in [4.78, 5) is 12.1. The zero-order valence-electron chi connectivity index (χ0n) is 14.6. The number of alkyl halides is 3. The number of nitrogens with zero attached hydrogens (tertiary/aromatic N) is 1. The molecule has 1 heterocycles. The minimum absolute atomic E-state index is 0.0596. The third-order valence-corrected chi connectivity index (χ3v) is 3.08. The zero-order valence-corrected chi connectivity index (χ0v) is 14.6. The van der Waals surface area contributed by atoms with E-state index in [1.807, 2.05) is 13.8 Å². The number of halogens is 3. The van der Waals surface area contributed by atoms with Crippen LogP contribution in [0.15, 0.2) is 36.5 Å². The van der Waals surface area contributed by atoms with Gasteiger partial charge in [0.2, 0.25) is 0 Å². The number of nitrogens with one attached hydrogen (secondary N) is 2. The first-order chi connectivity index (χ1) is 12.3. The van der Waals surface area contributed by atoms with Crippen molar-refractivity contribution in [2.75, 3.05) is 0 Å². The Labute approximate surface area is 149 Å². The second-order valence-corrected chi connectivity index (χ2v) is 4.85. The maximum absolute atomic E-state index is 12.4. The third kappa shape index (κ3) is 6.15. The first kappa shape index (κ1) is 21.1. The third-order valence-electron chi connectivity index (χ3n) is 3.08. The molecule has 0 fully saturated rings. The van der Waals surface area contributed by atoms with E-state index in [1.54, 1.807) is 13.0 Å². The van der Waals surface area contributed by atoms with Gasteiger partial charge in [-0.15, -0.1) is 13.2 Å². The molecule has 0 unspecified atom stereocenters. The molecular weight excluding hydrogens is 349 g/mol. The van der Waals surface area contributed by atoms with Crippen LogP contribution in [0.3, 0.4) is 0 Å². The predicted octanol–water partition coefficient (Wildman–Crippen LogP) is 3.58. The van der Waals surface area contributed by atoms with Crippen LogP contribution in [0, 0.1) is 0 Å². The number of para-hydroxylation sites is 1. The monoisotopic (exact) mass is 370 g/mol. The fraction of sp³-hybridized carbons (Fsp3) is 0.294. The van der Waals surface area contributed by atoms with Crippen LogP contribution in [0.4, 0.5) is 13.2 Å². The van der Waals surface area contributed by atoms with Crippen molar-refractivity contribution in [1.29, 1.82) is 0 Å². The molecule has 0 aliphatic rings. The number of benzene rings is 1. The summed E-state index contributed by atoms with van der Waals surface area (Å²) in [7, 11) is 0. The number of aromatic amines is 1. The highest BCUT2D eigenvalue weighted by atomic mass is 19.4. The van der Waals surface area contributed by atoms with Crippen LogP contribution in [-0.2, 0) is 6.54 Å². The highest BCUT2D eigenvalue weighted by molar-refractivity contribution is 5.96. The Balaban J connectivity index is 0.00000163. The summed E-state index contributed by atoms with van der Waals surface area (Å²) >= 11 is 0. The lowest BCUT2D eigenvalue weighted by Crippen LogP contribution is -2.25. The van der Waals surface area contributed by atoms with Crippen LogP contribution < -0.4 is 15.8 Å². The second-order valence-electron chi connectivity index (χ2n) is 4.85. The summed E-state index contributed by atoms with van der Waals surface area (Å²) in [6.45, 7) is 5.83. The maximum Gasteiger partial charge on any atom is 0.573 e. The normalized spacial score (nSPS) is 11.4. The Morgan fingerprint density at radius 3 is 2.62 bits per heavy atom. The first-order valence-electron chi connectivity index (χ1n) is 7.86.